The number of nitrogens with zero attached hydrogens (tertiary/aromatic N) is 2. The minimum Gasteiger partial charge on any atom is -0.469 e. The number of hydrogen-bond acceptors (Lipinski definition) is 5. The third kappa shape index (κ3) is 6.06. The Labute approximate surface area is 135 Å². The van der Waals surface area contributed by atoms with Crippen LogP contribution in [-0.4, -0.2) is 41.9 Å². The largest absolute Gasteiger partial charge is 0.469 e. The van der Waals surface area contributed by atoms with E-state index in [0.717, 1.165) is 19.3 Å². The Balaban J connectivity index is 2.85. The van der Waals surface area contributed by atoms with Crippen LogP contribution in [0.15, 0.2) is 24.3 Å². The van der Waals surface area contributed by atoms with Gasteiger partial charge in [0.15, 0.2) is 0 Å². The summed E-state index contributed by atoms with van der Waals surface area (Å²) in [7, 11) is 1.30. The summed E-state index contributed by atoms with van der Waals surface area (Å²) in [6.45, 7) is 2.80. The second kappa shape index (κ2) is 9.55. The number of unbranched alkanes of at least 4 members (excludes halogenated alkanes) is 2. The Hall–Kier alpha value is -2.44. The Morgan fingerprint density at radius 3 is 2.61 bits per heavy atom. The van der Waals surface area contributed by atoms with E-state index in [1.165, 1.54) is 25.3 Å². The quantitative estimate of drug-likeness (QED) is 0.302. The first-order valence-electron chi connectivity index (χ1n) is 7.60. The number of methoxy groups -OCH3 is 1. The lowest BCUT2D eigenvalue weighted by atomic mass is 10.1. The molecule has 0 aliphatic carbocycles. The molecule has 0 saturated carbocycles. The summed E-state index contributed by atoms with van der Waals surface area (Å²) in [5.41, 5.74) is 0.123. The van der Waals surface area contributed by atoms with Crippen LogP contribution in [0.3, 0.4) is 0 Å². The minimum atomic E-state index is -0.535. The van der Waals surface area contributed by atoms with Gasteiger partial charge in [0, 0.05) is 30.8 Å². The highest BCUT2D eigenvalue weighted by atomic mass is 16.6. The predicted octanol–water partition coefficient (Wildman–Crippen LogP) is 2.79. The van der Waals surface area contributed by atoms with Gasteiger partial charge in [-0.05, 0) is 12.5 Å². The van der Waals surface area contributed by atoms with Crippen LogP contribution >= 0.6 is 0 Å². The molecule has 7 nitrogen and oxygen atoms in total. The molecule has 126 valence electrons. The van der Waals surface area contributed by atoms with Crippen LogP contribution in [0, 0.1) is 10.1 Å². The van der Waals surface area contributed by atoms with Crippen molar-refractivity contribution in [2.24, 2.45) is 0 Å². The molecular weight excluding hydrogens is 300 g/mol. The molecule has 23 heavy (non-hydrogen) atoms. The van der Waals surface area contributed by atoms with Gasteiger partial charge in [0.2, 0.25) is 0 Å². The number of non-ortho nitro benzene ring substituents is 1. The maximum atomic E-state index is 12.6. The summed E-state index contributed by atoms with van der Waals surface area (Å²) in [6, 6.07) is 5.62. The number of benzene rings is 1. The highest BCUT2D eigenvalue weighted by Gasteiger charge is 2.19. The molecule has 0 spiro atoms. The van der Waals surface area contributed by atoms with Gasteiger partial charge < -0.3 is 9.64 Å². The van der Waals surface area contributed by atoms with E-state index in [1.54, 1.807) is 11.0 Å². The molecule has 0 unspecified atom stereocenters. The Kier molecular flexibility index (Phi) is 7.73. The van der Waals surface area contributed by atoms with Crippen LogP contribution in [0.5, 0.6) is 0 Å². The van der Waals surface area contributed by atoms with Crippen molar-refractivity contribution in [1.82, 2.24) is 4.90 Å². The molecule has 0 saturated heterocycles. The second-order valence-corrected chi connectivity index (χ2v) is 5.13. The van der Waals surface area contributed by atoms with Crippen molar-refractivity contribution in [2.75, 3.05) is 20.2 Å². The van der Waals surface area contributed by atoms with E-state index in [4.69, 9.17) is 0 Å². The van der Waals surface area contributed by atoms with E-state index in [-0.39, 0.29) is 30.1 Å². The number of amides is 1. The van der Waals surface area contributed by atoms with Gasteiger partial charge in [-0.2, -0.15) is 0 Å². The first-order chi connectivity index (χ1) is 11.0. The zero-order valence-electron chi connectivity index (χ0n) is 13.5. The van der Waals surface area contributed by atoms with Crippen molar-refractivity contribution in [1.29, 1.82) is 0 Å². The molecule has 1 aromatic carbocycles. The van der Waals surface area contributed by atoms with Crippen molar-refractivity contribution in [3.8, 4) is 0 Å². The number of esters is 1. The molecule has 0 aliphatic heterocycles. The molecule has 1 amide bonds. The fourth-order valence-electron chi connectivity index (χ4n) is 2.13. The van der Waals surface area contributed by atoms with Crippen LogP contribution < -0.4 is 0 Å². The van der Waals surface area contributed by atoms with Gasteiger partial charge in [0.1, 0.15) is 0 Å². The van der Waals surface area contributed by atoms with Crippen molar-refractivity contribution >= 4 is 17.6 Å². The summed E-state index contributed by atoms with van der Waals surface area (Å²) in [4.78, 5) is 35.7. The van der Waals surface area contributed by atoms with E-state index >= 15 is 0 Å². The fraction of sp³-hybridized carbons (Fsp3) is 0.500. The molecule has 0 bridgehead atoms. The number of carbonyl (C=O) groups is 2. The van der Waals surface area contributed by atoms with Crippen LogP contribution in [0.4, 0.5) is 5.69 Å². The van der Waals surface area contributed by atoms with Gasteiger partial charge in [-0.1, -0.05) is 25.8 Å². The SMILES string of the molecule is CCCCCN(CCC(=O)OC)C(=O)c1cccc([N+](=O)[O-])c1. The highest BCUT2D eigenvalue weighted by Crippen LogP contribution is 2.15. The summed E-state index contributed by atoms with van der Waals surface area (Å²) >= 11 is 0. The smallest absolute Gasteiger partial charge is 0.307 e. The summed E-state index contributed by atoms with van der Waals surface area (Å²) in [5, 5.41) is 10.8. The standard InChI is InChI=1S/C16H22N2O5/c1-3-4-5-10-17(11-9-15(19)23-2)16(20)13-7-6-8-14(12-13)18(21)22/h6-8,12H,3-5,9-11H2,1-2H3. The molecule has 1 rings (SSSR count). The number of ether oxygens (including phenoxy) is 1. The van der Waals surface area contributed by atoms with Crippen LogP contribution in [0.25, 0.3) is 0 Å². The summed E-state index contributed by atoms with van der Waals surface area (Å²) in [6.07, 6.45) is 2.90. The van der Waals surface area contributed by atoms with Gasteiger partial charge in [-0.15, -0.1) is 0 Å². The van der Waals surface area contributed by atoms with Crippen molar-refractivity contribution in [2.45, 2.75) is 32.6 Å². The lowest BCUT2D eigenvalue weighted by Gasteiger charge is -2.22. The number of rotatable bonds is 9. The molecule has 0 radical (unpaired) electrons. The van der Waals surface area contributed by atoms with Crippen LogP contribution in [-0.2, 0) is 9.53 Å². The van der Waals surface area contributed by atoms with Crippen molar-refractivity contribution < 1.29 is 19.2 Å². The first-order valence-corrected chi connectivity index (χ1v) is 7.60. The maximum Gasteiger partial charge on any atom is 0.307 e. The molecule has 0 fully saturated rings. The highest BCUT2D eigenvalue weighted by molar-refractivity contribution is 5.95. The normalized spacial score (nSPS) is 10.2. The number of hydrogen-bond donors (Lipinski definition) is 0. The zero-order chi connectivity index (χ0) is 17.2. The first kappa shape index (κ1) is 18.6. The second-order valence-electron chi connectivity index (χ2n) is 5.13. The molecule has 0 aliphatic rings. The van der Waals surface area contributed by atoms with E-state index in [0.29, 0.717) is 6.54 Å². The predicted molar refractivity (Wildman–Crippen MR) is 85.2 cm³/mol. The van der Waals surface area contributed by atoms with E-state index in [1.807, 2.05) is 0 Å². The van der Waals surface area contributed by atoms with Crippen LogP contribution in [0.2, 0.25) is 0 Å². The number of nitro benzene ring substituents is 1. The van der Waals surface area contributed by atoms with Gasteiger partial charge in [-0.3, -0.25) is 19.7 Å². The molecule has 0 N–H and O–H groups in total. The van der Waals surface area contributed by atoms with Gasteiger partial charge in [0.05, 0.1) is 18.5 Å². The fourth-order valence-corrected chi connectivity index (χ4v) is 2.13. The number of nitro groups is 1. The zero-order valence-corrected chi connectivity index (χ0v) is 13.5. The molecule has 7 heteroatoms. The Morgan fingerprint density at radius 2 is 2.00 bits per heavy atom. The molecule has 0 aromatic heterocycles. The summed E-state index contributed by atoms with van der Waals surface area (Å²) < 4.78 is 4.60. The Morgan fingerprint density at radius 1 is 1.26 bits per heavy atom. The number of carbonyl (C=O) groups excluding carboxylic acids is 2. The molecular formula is C16H22N2O5. The van der Waals surface area contributed by atoms with Gasteiger partial charge in [-0.25, -0.2) is 0 Å². The van der Waals surface area contributed by atoms with E-state index in [9.17, 15) is 19.7 Å². The topological polar surface area (TPSA) is 89.8 Å². The van der Waals surface area contributed by atoms with E-state index in [2.05, 4.69) is 11.7 Å². The Bertz CT molecular complexity index is 559. The van der Waals surface area contributed by atoms with Gasteiger partial charge >= 0.3 is 5.97 Å². The van der Waals surface area contributed by atoms with E-state index < -0.39 is 10.9 Å². The van der Waals surface area contributed by atoms with Crippen LogP contribution in [0.1, 0.15) is 43.0 Å². The van der Waals surface area contributed by atoms with Gasteiger partial charge in [0.25, 0.3) is 11.6 Å². The van der Waals surface area contributed by atoms with Crippen molar-refractivity contribution in [3.63, 3.8) is 0 Å². The lowest BCUT2D eigenvalue weighted by molar-refractivity contribution is -0.384. The third-order valence-electron chi connectivity index (χ3n) is 3.44. The summed E-state index contributed by atoms with van der Waals surface area (Å²) in [5.74, 6) is -0.703. The molecule has 0 atom stereocenters. The average Bonchev–Trinajstić information content (AvgIpc) is 2.57. The van der Waals surface area contributed by atoms with Crippen molar-refractivity contribution in [3.05, 3.63) is 39.9 Å². The maximum absolute atomic E-state index is 12.6. The minimum absolute atomic E-state index is 0.100. The average molecular weight is 322 g/mol. The monoisotopic (exact) mass is 322 g/mol. The molecule has 0 heterocycles. The lowest BCUT2D eigenvalue weighted by Crippen LogP contribution is -2.34. The molecule has 1 aromatic rings. The third-order valence-corrected chi connectivity index (χ3v) is 3.44.